The fourth-order valence-electron chi connectivity index (χ4n) is 10.8. The van der Waals surface area contributed by atoms with Gasteiger partial charge >= 0.3 is 6.18 Å². The molecule has 0 spiro atoms. The molecule has 0 heterocycles. The van der Waals surface area contributed by atoms with Gasteiger partial charge in [0, 0.05) is 24.7 Å². The zero-order valence-corrected chi connectivity index (χ0v) is 69.3. The molecule has 2 saturated carbocycles. The molecule has 2 aromatic carbocycles. The number of rotatable bonds is 7. The fraction of sp³-hybridized carbons (Fsp3) is 0.865. The summed E-state index contributed by atoms with van der Waals surface area (Å²) >= 11 is 0. The summed E-state index contributed by atoms with van der Waals surface area (Å²) in [5.41, 5.74) is 2.58. The number of hydrogen-bond donors (Lipinski definition) is 0. The molecular formula is C89H173F3. The Morgan fingerprint density at radius 2 is 0.815 bits per heavy atom. The van der Waals surface area contributed by atoms with Crippen LogP contribution >= 0.6 is 0 Å². The zero-order chi connectivity index (χ0) is 90.5. The summed E-state index contributed by atoms with van der Waals surface area (Å²) in [7, 11) is 0. The van der Waals surface area contributed by atoms with Crippen LogP contribution in [0.1, 0.15) is 464 Å². The molecule has 1 atom stereocenters. The number of halogens is 3. The third kappa shape index (κ3) is 54.3. The molecule has 0 saturated heterocycles. The zero-order valence-electron chi connectivity index (χ0n) is 87.3. The van der Waals surface area contributed by atoms with E-state index in [0.717, 1.165) is 46.5 Å². The topological polar surface area (TPSA) is 0 Å². The summed E-state index contributed by atoms with van der Waals surface area (Å²) in [4.78, 5) is 0. The van der Waals surface area contributed by atoms with Crippen molar-refractivity contribution in [2.75, 3.05) is 0 Å². The van der Waals surface area contributed by atoms with Crippen LogP contribution in [-0.4, -0.2) is 6.18 Å². The SMILES string of the molecule is CC(C)(C)c1ccccc1.CC(C)c1cc(C(C)C)c(C(C)(C)C)c(C(C)C)c1.[2H]C([2H])(C(C)(C)C)C(C)(C)C.[2H]C([2H])(C(C)(C)C)C(C)(C)C(F)(F)F.[2H]C([2H])(C(C)C)C(C)(C)C.[2H]C([2H])(C)C([2H])([2H])C(C)(C)C.[2H]C([2H])([2H])C([2H])(C([2H])([2H])C)C(C)(C)C.[2H]C1(C(C)(C)C)CCCC1.[2H]C1(C(C)(C)C)CCCCC1. The van der Waals surface area contributed by atoms with Gasteiger partial charge in [-0.3, -0.25) is 0 Å². The van der Waals surface area contributed by atoms with Gasteiger partial charge in [0.2, 0.25) is 0 Å². The normalized spacial score (nSPS) is 20.4. The third-order valence-electron chi connectivity index (χ3n) is 14.7. The molecule has 0 radical (unpaired) electrons. The van der Waals surface area contributed by atoms with Crippen LogP contribution in [0.25, 0.3) is 0 Å². The van der Waals surface area contributed by atoms with E-state index < -0.39 is 78.8 Å². The molecule has 2 aliphatic rings. The van der Waals surface area contributed by atoms with Crippen LogP contribution in [-0.2, 0) is 10.8 Å². The molecular weight excluding hydrogens is 1130 g/mol. The highest BCUT2D eigenvalue weighted by atomic mass is 19.4. The minimum Gasteiger partial charge on any atom is -0.171 e. The third-order valence-corrected chi connectivity index (χ3v) is 14.7. The first kappa shape index (κ1) is 67.4. The van der Waals surface area contributed by atoms with E-state index >= 15 is 0 Å². The van der Waals surface area contributed by atoms with Crippen LogP contribution in [0.3, 0.4) is 0 Å². The van der Waals surface area contributed by atoms with Crippen LogP contribution in [0, 0.1) is 72.3 Å². The molecule has 1 unspecified atom stereocenters. The maximum atomic E-state index is 12.6. The molecule has 0 aromatic heterocycles. The second-order valence-electron chi connectivity index (χ2n) is 38.1. The van der Waals surface area contributed by atoms with Crippen molar-refractivity contribution in [3.8, 4) is 0 Å². The predicted octanol–water partition coefficient (Wildman–Crippen LogP) is 32.6. The maximum Gasteiger partial charge on any atom is 0.393 e. The Balaban J connectivity index is -0.000000379. The van der Waals surface area contributed by atoms with E-state index in [-0.39, 0.29) is 50.2 Å². The smallest absolute Gasteiger partial charge is 0.171 e. The summed E-state index contributed by atoms with van der Waals surface area (Å²) in [6.07, 6.45) is -3.85. The highest BCUT2D eigenvalue weighted by Crippen LogP contribution is 2.46. The second-order valence-corrected chi connectivity index (χ2v) is 38.1. The Morgan fingerprint density at radius 3 is 0.946 bits per heavy atom. The van der Waals surface area contributed by atoms with Crippen molar-refractivity contribution >= 4 is 0 Å². The van der Waals surface area contributed by atoms with Crippen molar-refractivity contribution in [3.05, 3.63) is 70.3 Å². The number of benzene rings is 2. The van der Waals surface area contributed by atoms with Crippen LogP contribution in [0.15, 0.2) is 42.5 Å². The standard InChI is InChI=1S/C19H32.C10H20.C10H14.C9H17F3.C9H18.C9H20.2C8H18.C7H16/c1-12(2)15-10-16(13(3)4)18(19(7,8)9)17(11-15)14(5)6;2*1-10(2,3)9-7-5-4-6-8-9;1-7(2,3)6-8(4,5)9(10,11)12;1-9(2,3)8-6-4-5-7-8;1-8(2,3)7-9(4,5)6;1-7(2)6-8(3,4)5;1-6-7(2)8(3,4)5;1-5-6-7(2,3)4/h10-14H,1-9H3;9H,4-8H2,1-3H3;4-8H,1-3H3;6H2,1-5H3;8H,4-7H2,1-3H3;7H2,1-6H3;2*7H,6H2,1-5H3;5-6H2,1-4H3/i;9D;;6D2;8D;7D2;6D2;2D3,6D2,7D;5D2,6D2. The number of alkyl halides is 3. The van der Waals surface area contributed by atoms with Gasteiger partial charge in [-0.25, -0.2) is 0 Å². The van der Waals surface area contributed by atoms with Gasteiger partial charge in [0.15, 0.2) is 0 Å². The molecule has 2 fully saturated rings. The molecule has 92 heavy (non-hydrogen) atoms. The highest BCUT2D eigenvalue weighted by Gasteiger charge is 2.48. The Bertz CT molecular complexity index is 2740. The van der Waals surface area contributed by atoms with Crippen molar-refractivity contribution < 1.29 is 37.8 Å². The molecule has 0 nitrogen and oxygen atoms in total. The van der Waals surface area contributed by atoms with Crippen LogP contribution < -0.4 is 0 Å². The van der Waals surface area contributed by atoms with Gasteiger partial charge in [-0.1, -0.05) is 385 Å². The fourth-order valence-corrected chi connectivity index (χ4v) is 10.8. The van der Waals surface area contributed by atoms with E-state index in [9.17, 15) is 13.2 Å². The van der Waals surface area contributed by atoms with Crippen LogP contribution in [0.5, 0.6) is 0 Å². The summed E-state index contributed by atoms with van der Waals surface area (Å²) in [6.45, 7) is 77.9. The Kier molecular flexibility index (Phi) is 31.0. The quantitative estimate of drug-likeness (QED) is 0.259. The van der Waals surface area contributed by atoms with Crippen LogP contribution in [0.2, 0.25) is 0 Å². The van der Waals surface area contributed by atoms with Crippen LogP contribution in [0.4, 0.5) is 13.2 Å². The minimum atomic E-state index is -4.54. The molecule has 0 amide bonds. The molecule has 0 N–H and O–H groups in total. The predicted molar refractivity (Wildman–Crippen MR) is 420 cm³/mol. The van der Waals surface area contributed by atoms with Gasteiger partial charge in [0.05, 0.1) is 5.41 Å². The van der Waals surface area contributed by atoms with Crippen molar-refractivity contribution in [1.29, 1.82) is 0 Å². The first-order valence-corrected chi connectivity index (χ1v) is 35.6. The Hall–Kier alpha value is -1.77. The number of hydrogen-bond acceptors (Lipinski definition) is 0. The molecule has 3 heteroatoms. The summed E-state index contributed by atoms with van der Waals surface area (Å²) in [5.74, 6) is -0.488. The molecule has 0 aliphatic heterocycles. The maximum absolute atomic E-state index is 12.6. The monoisotopic (exact) mass is 1320 g/mol. The molecule has 2 aliphatic carbocycles. The van der Waals surface area contributed by atoms with E-state index in [1.165, 1.54) is 70.9 Å². The highest BCUT2D eigenvalue weighted by molar-refractivity contribution is 5.47. The van der Waals surface area contributed by atoms with Gasteiger partial charge in [-0.2, -0.15) is 13.2 Å². The van der Waals surface area contributed by atoms with Crippen molar-refractivity contribution in [1.82, 2.24) is 0 Å². The minimum absolute atomic E-state index is 0.0903. The second kappa shape index (κ2) is 42.2. The van der Waals surface area contributed by atoms with E-state index in [4.69, 9.17) is 24.7 Å². The van der Waals surface area contributed by atoms with Gasteiger partial charge in [-0.05, 0) is 174 Å². The Morgan fingerprint density at radius 1 is 0.467 bits per heavy atom. The Labute approximate surface area is 606 Å². The largest absolute Gasteiger partial charge is 0.393 e. The average molecular weight is 1320 g/mol. The van der Waals surface area contributed by atoms with Gasteiger partial charge < -0.3 is 0 Å². The van der Waals surface area contributed by atoms with E-state index in [1.54, 1.807) is 58.2 Å². The summed E-state index contributed by atoms with van der Waals surface area (Å²) in [6, 6.07) is 15.4. The van der Waals surface area contributed by atoms with Gasteiger partial charge in [-0.15, -0.1) is 0 Å². The average Bonchev–Trinajstić information content (AvgIpc) is 0.813. The lowest BCUT2D eigenvalue weighted by Gasteiger charge is -2.34. The van der Waals surface area contributed by atoms with E-state index in [0.29, 0.717) is 23.2 Å². The molecule has 550 valence electrons. The lowest BCUT2D eigenvalue weighted by Crippen LogP contribution is -2.35. The molecule has 0 bridgehead atoms. The van der Waals surface area contributed by atoms with Crippen molar-refractivity contribution in [2.45, 2.75) is 428 Å². The lowest BCUT2D eigenvalue weighted by molar-refractivity contribution is -0.220. The summed E-state index contributed by atoms with van der Waals surface area (Å²) in [5, 5.41) is 0. The lowest BCUT2D eigenvalue weighted by atomic mass is 9.72. The van der Waals surface area contributed by atoms with Crippen molar-refractivity contribution in [2.24, 2.45) is 72.3 Å². The first-order chi connectivity index (χ1) is 47.3. The van der Waals surface area contributed by atoms with E-state index in [2.05, 4.69) is 167 Å². The van der Waals surface area contributed by atoms with Gasteiger partial charge in [0.1, 0.15) is 0 Å². The van der Waals surface area contributed by atoms with E-state index in [1.807, 2.05) is 76.2 Å². The van der Waals surface area contributed by atoms with Crippen molar-refractivity contribution in [3.63, 3.8) is 0 Å². The first-order valence-electron chi connectivity index (χ1n) is 44.6. The van der Waals surface area contributed by atoms with Gasteiger partial charge in [0.25, 0.3) is 0 Å². The molecule has 4 rings (SSSR count). The molecule has 2 aromatic rings. The summed E-state index contributed by atoms with van der Waals surface area (Å²) < 4.78 is 175.